The molecule has 0 aliphatic carbocycles. The molecule has 0 fully saturated rings. The Bertz CT molecular complexity index is 1170. The van der Waals surface area contributed by atoms with Gasteiger partial charge >= 0.3 is 0 Å². The number of carbonyl (C=O) groups is 2. The van der Waals surface area contributed by atoms with Crippen molar-refractivity contribution in [2.45, 2.75) is 4.90 Å². The zero-order valence-electron chi connectivity index (χ0n) is 15.7. The number of sulfonamides is 1. The average molecular weight is 427 g/mol. The summed E-state index contributed by atoms with van der Waals surface area (Å²) in [6.45, 7) is -0.573. The lowest BCUT2D eigenvalue weighted by atomic mass is 10.1. The molecule has 30 heavy (non-hydrogen) atoms. The lowest BCUT2D eigenvalue weighted by Crippen LogP contribution is -2.38. The third kappa shape index (κ3) is 4.64. The van der Waals surface area contributed by atoms with Crippen LogP contribution in [-0.2, 0) is 14.8 Å². The summed E-state index contributed by atoms with van der Waals surface area (Å²) in [6.07, 6.45) is 0. The van der Waals surface area contributed by atoms with Crippen LogP contribution in [0.5, 0.6) is 0 Å². The highest BCUT2D eigenvalue weighted by Crippen LogP contribution is 2.24. The van der Waals surface area contributed by atoms with Crippen LogP contribution in [0.15, 0.2) is 83.8 Å². The molecular weight excluding hydrogens is 409 g/mol. The summed E-state index contributed by atoms with van der Waals surface area (Å²) < 4.78 is 40.5. The number of nitrogens with two attached hydrogens (primary N) is 1. The van der Waals surface area contributed by atoms with E-state index in [1.54, 1.807) is 30.3 Å². The molecule has 0 radical (unpaired) electrons. The van der Waals surface area contributed by atoms with Gasteiger partial charge in [-0.2, -0.15) is 0 Å². The van der Waals surface area contributed by atoms with Crippen molar-refractivity contribution >= 4 is 33.2 Å². The monoisotopic (exact) mass is 427 g/mol. The zero-order valence-corrected chi connectivity index (χ0v) is 16.5. The van der Waals surface area contributed by atoms with Gasteiger partial charge in [-0.15, -0.1) is 0 Å². The van der Waals surface area contributed by atoms with E-state index in [1.165, 1.54) is 24.3 Å². The highest BCUT2D eigenvalue weighted by atomic mass is 32.2. The highest BCUT2D eigenvalue weighted by Gasteiger charge is 2.27. The number of halogens is 1. The number of hydrogen-bond donors (Lipinski definition) is 2. The van der Waals surface area contributed by atoms with Crippen LogP contribution >= 0.6 is 0 Å². The SMILES string of the molecule is NC(=O)c1ccccc1NC(=O)CN(c1ccccc1)S(=O)(=O)c1ccc(F)cc1. The number of amides is 2. The first kappa shape index (κ1) is 21.0. The lowest BCUT2D eigenvalue weighted by molar-refractivity contribution is -0.114. The van der Waals surface area contributed by atoms with E-state index in [0.29, 0.717) is 0 Å². The average Bonchev–Trinajstić information content (AvgIpc) is 2.73. The zero-order chi connectivity index (χ0) is 21.7. The van der Waals surface area contributed by atoms with Crippen LogP contribution in [0.3, 0.4) is 0 Å². The Kier molecular flexibility index (Phi) is 6.12. The summed E-state index contributed by atoms with van der Waals surface area (Å²) in [5.41, 5.74) is 5.83. The first-order chi connectivity index (χ1) is 14.3. The van der Waals surface area contributed by atoms with Gasteiger partial charge in [-0.25, -0.2) is 12.8 Å². The molecule has 0 aliphatic heterocycles. The van der Waals surface area contributed by atoms with Gasteiger partial charge in [-0.05, 0) is 48.5 Å². The molecule has 9 heteroatoms. The number of benzene rings is 3. The lowest BCUT2D eigenvalue weighted by Gasteiger charge is -2.24. The Morgan fingerprint density at radius 3 is 2.13 bits per heavy atom. The molecule has 154 valence electrons. The molecule has 7 nitrogen and oxygen atoms in total. The van der Waals surface area contributed by atoms with E-state index in [2.05, 4.69) is 5.32 Å². The predicted octanol–water partition coefficient (Wildman–Crippen LogP) is 2.76. The number of primary amides is 1. The summed E-state index contributed by atoms with van der Waals surface area (Å²) >= 11 is 0. The second-order valence-electron chi connectivity index (χ2n) is 6.26. The summed E-state index contributed by atoms with van der Waals surface area (Å²) in [5.74, 6) is -2.00. The van der Waals surface area contributed by atoms with Gasteiger partial charge in [0.05, 0.1) is 21.8 Å². The summed E-state index contributed by atoms with van der Waals surface area (Å²) in [6, 6.07) is 18.5. The van der Waals surface area contributed by atoms with E-state index < -0.39 is 34.2 Å². The fourth-order valence-electron chi connectivity index (χ4n) is 2.77. The van der Waals surface area contributed by atoms with Gasteiger partial charge in [-0.3, -0.25) is 13.9 Å². The van der Waals surface area contributed by atoms with Crippen molar-refractivity contribution in [2.75, 3.05) is 16.2 Å². The molecule has 3 aromatic carbocycles. The van der Waals surface area contributed by atoms with Crippen LogP contribution in [0.25, 0.3) is 0 Å². The maximum atomic E-state index is 13.2. The summed E-state index contributed by atoms with van der Waals surface area (Å²) in [5, 5.41) is 2.52. The fourth-order valence-corrected chi connectivity index (χ4v) is 4.19. The van der Waals surface area contributed by atoms with Crippen LogP contribution in [0, 0.1) is 5.82 Å². The summed E-state index contributed by atoms with van der Waals surface area (Å²) in [7, 11) is -4.17. The van der Waals surface area contributed by atoms with Crippen molar-refractivity contribution in [3.63, 3.8) is 0 Å². The number of hydrogen-bond acceptors (Lipinski definition) is 4. The molecule has 2 amide bonds. The number of rotatable bonds is 7. The molecule has 0 saturated heterocycles. The normalized spacial score (nSPS) is 11.0. The molecule has 0 spiro atoms. The highest BCUT2D eigenvalue weighted by molar-refractivity contribution is 7.92. The van der Waals surface area contributed by atoms with Crippen LogP contribution in [-0.4, -0.2) is 26.8 Å². The molecule has 3 aromatic rings. The number of para-hydroxylation sites is 2. The second kappa shape index (κ2) is 8.75. The van der Waals surface area contributed by atoms with E-state index in [0.717, 1.165) is 28.6 Å². The van der Waals surface area contributed by atoms with E-state index in [-0.39, 0.29) is 21.8 Å². The molecule has 0 bridgehead atoms. The minimum Gasteiger partial charge on any atom is -0.366 e. The van der Waals surface area contributed by atoms with E-state index >= 15 is 0 Å². The summed E-state index contributed by atoms with van der Waals surface area (Å²) in [4.78, 5) is 24.1. The fraction of sp³-hybridized carbons (Fsp3) is 0.0476. The smallest absolute Gasteiger partial charge is 0.264 e. The molecule has 0 aromatic heterocycles. The van der Waals surface area contributed by atoms with E-state index in [4.69, 9.17) is 5.73 Å². The Balaban J connectivity index is 1.94. The number of nitrogens with zero attached hydrogens (tertiary/aromatic N) is 1. The quantitative estimate of drug-likeness (QED) is 0.604. The van der Waals surface area contributed by atoms with Gasteiger partial charge in [0.2, 0.25) is 5.91 Å². The molecular formula is C21H18FN3O4S. The third-order valence-electron chi connectivity index (χ3n) is 4.20. The van der Waals surface area contributed by atoms with Gasteiger partial charge in [-0.1, -0.05) is 30.3 Å². The van der Waals surface area contributed by atoms with Crippen LogP contribution in [0.1, 0.15) is 10.4 Å². The van der Waals surface area contributed by atoms with Crippen molar-refractivity contribution in [1.29, 1.82) is 0 Å². The molecule has 0 heterocycles. The van der Waals surface area contributed by atoms with E-state index in [1.807, 2.05) is 0 Å². The third-order valence-corrected chi connectivity index (χ3v) is 5.99. The minimum absolute atomic E-state index is 0.0958. The Morgan fingerprint density at radius 1 is 0.900 bits per heavy atom. The number of nitrogens with one attached hydrogen (secondary N) is 1. The van der Waals surface area contributed by atoms with Gasteiger partial charge in [0.1, 0.15) is 12.4 Å². The number of anilines is 2. The standard InChI is InChI=1S/C21H18FN3O4S/c22-15-10-12-17(13-11-15)30(28,29)25(16-6-2-1-3-7-16)14-20(26)24-19-9-5-4-8-18(19)21(23)27/h1-13H,14H2,(H2,23,27)(H,24,26). The Morgan fingerprint density at radius 2 is 1.50 bits per heavy atom. The van der Waals surface area contributed by atoms with Crippen molar-refractivity contribution in [1.82, 2.24) is 0 Å². The van der Waals surface area contributed by atoms with Gasteiger partial charge in [0, 0.05) is 0 Å². The molecule has 0 saturated carbocycles. The largest absolute Gasteiger partial charge is 0.366 e. The van der Waals surface area contributed by atoms with Gasteiger partial charge < -0.3 is 11.1 Å². The maximum Gasteiger partial charge on any atom is 0.264 e. The van der Waals surface area contributed by atoms with Gasteiger partial charge in [0.25, 0.3) is 15.9 Å². The second-order valence-corrected chi connectivity index (χ2v) is 8.12. The van der Waals surface area contributed by atoms with E-state index in [9.17, 15) is 22.4 Å². The van der Waals surface area contributed by atoms with Crippen molar-refractivity contribution in [3.8, 4) is 0 Å². The van der Waals surface area contributed by atoms with Crippen LogP contribution < -0.4 is 15.4 Å². The molecule has 0 aliphatic rings. The minimum atomic E-state index is -4.17. The molecule has 3 N–H and O–H groups in total. The van der Waals surface area contributed by atoms with Crippen molar-refractivity contribution in [3.05, 3.63) is 90.2 Å². The first-order valence-corrected chi connectivity index (χ1v) is 10.2. The molecule has 0 atom stereocenters. The topological polar surface area (TPSA) is 110 Å². The molecule has 0 unspecified atom stereocenters. The molecule has 3 rings (SSSR count). The Hall–Kier alpha value is -3.72. The maximum absolute atomic E-state index is 13.2. The Labute approximate surface area is 173 Å². The van der Waals surface area contributed by atoms with Crippen LogP contribution in [0.4, 0.5) is 15.8 Å². The van der Waals surface area contributed by atoms with Gasteiger partial charge in [0.15, 0.2) is 0 Å². The number of carbonyl (C=O) groups excluding carboxylic acids is 2. The van der Waals surface area contributed by atoms with Crippen LogP contribution in [0.2, 0.25) is 0 Å². The van der Waals surface area contributed by atoms with Crippen molar-refractivity contribution in [2.24, 2.45) is 5.73 Å². The van der Waals surface area contributed by atoms with Crippen molar-refractivity contribution < 1.29 is 22.4 Å². The predicted molar refractivity (Wildman–Crippen MR) is 111 cm³/mol. The first-order valence-electron chi connectivity index (χ1n) is 8.81.